The van der Waals surface area contributed by atoms with Crippen molar-refractivity contribution < 1.29 is 24.6 Å². The summed E-state index contributed by atoms with van der Waals surface area (Å²) >= 11 is 0. The molecule has 0 radical (unpaired) electrons. The van der Waals surface area contributed by atoms with Crippen LogP contribution in [0.25, 0.3) is 0 Å². The van der Waals surface area contributed by atoms with Crippen LogP contribution in [0.4, 0.5) is 0 Å². The van der Waals surface area contributed by atoms with E-state index < -0.39 is 36.4 Å². The maximum Gasteiger partial charge on any atom is 2.00 e. The number of nitrogens with two attached hydrogens (primary N) is 1. The smallest absolute Gasteiger partial charge is 0.550 e. The van der Waals surface area contributed by atoms with Gasteiger partial charge in [0.05, 0.1) is 18.1 Å². The van der Waals surface area contributed by atoms with Gasteiger partial charge in [0.25, 0.3) is 0 Å². The second-order valence-corrected chi connectivity index (χ2v) is 4.59. The van der Waals surface area contributed by atoms with Crippen LogP contribution >= 0.6 is 0 Å². The minimum absolute atomic E-state index is 0. The Morgan fingerprint density at radius 1 is 1.14 bits per heavy atom. The van der Waals surface area contributed by atoms with Gasteiger partial charge >= 0.3 is 23.1 Å². The molecule has 7 nitrogen and oxygen atoms in total. The maximum atomic E-state index is 11.8. The second kappa shape index (κ2) is 10.1. The van der Waals surface area contributed by atoms with Gasteiger partial charge in [0, 0.05) is 5.97 Å². The van der Waals surface area contributed by atoms with Gasteiger partial charge in [0.15, 0.2) is 0 Å². The molecule has 0 aliphatic carbocycles. The van der Waals surface area contributed by atoms with Gasteiger partial charge in [-0.15, -0.1) is 0 Å². The number of carbonyl (C=O) groups is 3. The van der Waals surface area contributed by atoms with Crippen molar-refractivity contribution in [1.29, 1.82) is 0 Å². The molecule has 8 heteroatoms. The van der Waals surface area contributed by atoms with Crippen LogP contribution in [0, 0.1) is 0 Å². The van der Waals surface area contributed by atoms with Gasteiger partial charge in [-0.05, 0) is 24.8 Å². The standard InChI is InChI=1S/C14H18N2O5.Mg/c15-10(8-9-4-2-1-3-5-9)13(19)16-11(14(20)21)6-7-12(17)18;/h1-5,10-11H,6-8,15H2,(H,16,19)(H,17,18)(H,20,21);/q;+2/p-2. The summed E-state index contributed by atoms with van der Waals surface area (Å²) in [7, 11) is 0. The zero-order chi connectivity index (χ0) is 15.8. The van der Waals surface area contributed by atoms with Crippen molar-refractivity contribution in [2.45, 2.75) is 31.3 Å². The summed E-state index contributed by atoms with van der Waals surface area (Å²) in [5.74, 6) is -3.63. The first kappa shape index (κ1) is 20.4. The normalized spacial score (nSPS) is 12.6. The minimum atomic E-state index is -1.56. The Hall–Kier alpha value is -1.64. The van der Waals surface area contributed by atoms with E-state index in [1.807, 2.05) is 6.07 Å². The van der Waals surface area contributed by atoms with E-state index in [1.165, 1.54) is 0 Å². The number of nitrogens with one attached hydrogen (secondary N) is 1. The van der Waals surface area contributed by atoms with Crippen LogP contribution in [0.1, 0.15) is 18.4 Å². The molecule has 1 aromatic carbocycles. The van der Waals surface area contributed by atoms with Crippen LogP contribution in [-0.2, 0) is 20.8 Å². The summed E-state index contributed by atoms with van der Waals surface area (Å²) in [6.07, 6.45) is -0.561. The predicted molar refractivity (Wildman–Crippen MR) is 75.1 cm³/mol. The largest absolute Gasteiger partial charge is 2.00 e. The van der Waals surface area contributed by atoms with Crippen molar-refractivity contribution in [3.8, 4) is 0 Å². The third-order valence-corrected chi connectivity index (χ3v) is 2.87. The molecule has 0 saturated heterocycles. The van der Waals surface area contributed by atoms with Crippen LogP contribution in [-0.4, -0.2) is 53.0 Å². The van der Waals surface area contributed by atoms with E-state index in [0.717, 1.165) is 5.56 Å². The van der Waals surface area contributed by atoms with Crippen molar-refractivity contribution in [3.63, 3.8) is 0 Å². The molecule has 1 aromatic rings. The number of carboxylic acids is 2. The van der Waals surface area contributed by atoms with E-state index in [4.69, 9.17) is 5.73 Å². The third-order valence-electron chi connectivity index (χ3n) is 2.87. The van der Waals surface area contributed by atoms with E-state index in [2.05, 4.69) is 5.32 Å². The molecule has 0 aliphatic heterocycles. The summed E-state index contributed by atoms with van der Waals surface area (Å²) in [6.45, 7) is 0. The predicted octanol–water partition coefficient (Wildman–Crippen LogP) is -3.06. The van der Waals surface area contributed by atoms with Crippen molar-refractivity contribution in [2.75, 3.05) is 0 Å². The average Bonchev–Trinajstić information content (AvgIpc) is 2.43. The van der Waals surface area contributed by atoms with E-state index in [1.54, 1.807) is 24.3 Å². The van der Waals surface area contributed by atoms with Crippen molar-refractivity contribution in [2.24, 2.45) is 5.73 Å². The molecular formula is C14H16MgN2O5. The Bertz CT molecular complexity index is 509. The molecule has 0 saturated carbocycles. The second-order valence-electron chi connectivity index (χ2n) is 4.59. The molecule has 0 heterocycles. The molecular weight excluding hydrogens is 300 g/mol. The first-order valence-electron chi connectivity index (χ1n) is 6.40. The Balaban J connectivity index is 0.00000441. The molecule has 0 aliphatic rings. The average molecular weight is 317 g/mol. The zero-order valence-corrected chi connectivity index (χ0v) is 13.4. The first-order valence-corrected chi connectivity index (χ1v) is 6.40. The Kier molecular flexibility index (Phi) is 9.39. The number of carbonyl (C=O) groups excluding carboxylic acids is 3. The molecule has 2 atom stereocenters. The van der Waals surface area contributed by atoms with Crippen molar-refractivity contribution in [1.82, 2.24) is 5.32 Å². The Labute approximate surface area is 144 Å². The van der Waals surface area contributed by atoms with Crippen LogP contribution in [0.2, 0.25) is 0 Å². The fraction of sp³-hybridized carbons (Fsp3) is 0.357. The van der Waals surface area contributed by atoms with Gasteiger partial charge in [-0.25, -0.2) is 0 Å². The maximum absolute atomic E-state index is 11.8. The molecule has 114 valence electrons. The van der Waals surface area contributed by atoms with Crippen LogP contribution in [0.3, 0.4) is 0 Å². The topological polar surface area (TPSA) is 135 Å². The fourth-order valence-electron chi connectivity index (χ4n) is 1.75. The molecule has 22 heavy (non-hydrogen) atoms. The first-order chi connectivity index (χ1) is 9.90. The summed E-state index contributed by atoms with van der Waals surface area (Å²) in [4.78, 5) is 33.0. The third kappa shape index (κ3) is 7.39. The van der Waals surface area contributed by atoms with E-state index >= 15 is 0 Å². The van der Waals surface area contributed by atoms with Gasteiger partial charge in [-0.1, -0.05) is 30.3 Å². The fourth-order valence-corrected chi connectivity index (χ4v) is 1.75. The molecule has 0 spiro atoms. The number of aliphatic carboxylic acids is 2. The van der Waals surface area contributed by atoms with Crippen LogP contribution in [0.15, 0.2) is 30.3 Å². The van der Waals surface area contributed by atoms with E-state index in [0.29, 0.717) is 0 Å². The minimum Gasteiger partial charge on any atom is -0.550 e. The van der Waals surface area contributed by atoms with Crippen molar-refractivity contribution in [3.05, 3.63) is 35.9 Å². The number of hydrogen-bond donors (Lipinski definition) is 2. The Morgan fingerprint density at radius 3 is 2.23 bits per heavy atom. The summed E-state index contributed by atoms with van der Waals surface area (Å²) in [5.41, 5.74) is 6.53. The summed E-state index contributed by atoms with van der Waals surface area (Å²) in [6, 6.07) is 6.66. The number of amides is 1. The van der Waals surface area contributed by atoms with Gasteiger partial charge in [0.1, 0.15) is 0 Å². The van der Waals surface area contributed by atoms with Gasteiger partial charge in [-0.2, -0.15) is 0 Å². The van der Waals surface area contributed by atoms with Gasteiger partial charge < -0.3 is 30.9 Å². The molecule has 1 rings (SSSR count). The number of benzene rings is 1. The van der Waals surface area contributed by atoms with E-state index in [9.17, 15) is 24.6 Å². The van der Waals surface area contributed by atoms with Crippen molar-refractivity contribution >= 4 is 40.9 Å². The number of rotatable bonds is 8. The van der Waals surface area contributed by atoms with Crippen LogP contribution < -0.4 is 21.3 Å². The van der Waals surface area contributed by atoms with Crippen LogP contribution in [0.5, 0.6) is 0 Å². The number of carboxylic acid groups (broad SMARTS) is 2. The summed E-state index contributed by atoms with van der Waals surface area (Å²) in [5, 5.41) is 23.3. The Morgan fingerprint density at radius 2 is 1.73 bits per heavy atom. The van der Waals surface area contributed by atoms with Gasteiger partial charge in [-0.3, -0.25) is 4.79 Å². The van der Waals surface area contributed by atoms with E-state index in [-0.39, 0.29) is 35.9 Å². The number of hydrogen-bond acceptors (Lipinski definition) is 6. The monoisotopic (exact) mass is 316 g/mol. The molecule has 0 bridgehead atoms. The quantitative estimate of drug-likeness (QED) is 0.489. The molecule has 0 aromatic heterocycles. The summed E-state index contributed by atoms with van der Waals surface area (Å²) < 4.78 is 0. The zero-order valence-electron chi connectivity index (χ0n) is 12.0. The molecule has 0 fully saturated rings. The molecule has 1 amide bonds. The van der Waals surface area contributed by atoms with Gasteiger partial charge in [0.2, 0.25) is 5.91 Å². The molecule has 3 N–H and O–H groups in total. The molecule has 2 unspecified atom stereocenters. The SMILES string of the molecule is NC(Cc1ccccc1)C(=O)NC(CCC(=O)[O-])C(=O)[O-].[Mg+2].